The van der Waals surface area contributed by atoms with Crippen LogP contribution in [0.4, 0.5) is 5.69 Å². The number of hydrogen-bond acceptors (Lipinski definition) is 7. The molecule has 4 aromatic rings. The lowest BCUT2D eigenvalue weighted by atomic mass is 9.99. The zero-order valence-corrected chi connectivity index (χ0v) is 21.2. The van der Waals surface area contributed by atoms with Crippen LogP contribution in [0.1, 0.15) is 11.3 Å². The summed E-state index contributed by atoms with van der Waals surface area (Å²) in [5.74, 6) is 0.485. The van der Waals surface area contributed by atoms with Gasteiger partial charge in [0, 0.05) is 35.0 Å². The molecule has 0 aliphatic carbocycles. The highest BCUT2D eigenvalue weighted by Gasteiger charge is 2.51. The highest BCUT2D eigenvalue weighted by Crippen LogP contribution is 2.40. The van der Waals surface area contributed by atoms with Crippen LogP contribution in [-0.2, 0) is 20.3 Å². The summed E-state index contributed by atoms with van der Waals surface area (Å²) >= 11 is 6.13. The maximum Gasteiger partial charge on any atom is 0.225 e. The number of amidine groups is 1. The van der Waals surface area contributed by atoms with Crippen molar-refractivity contribution in [1.29, 1.82) is 0 Å². The first-order valence-electron chi connectivity index (χ1n) is 11.2. The van der Waals surface area contributed by atoms with Gasteiger partial charge in [0.2, 0.25) is 5.72 Å². The average Bonchev–Trinajstić information content (AvgIpc) is 3.17. The lowest BCUT2D eigenvalue weighted by Crippen LogP contribution is -2.49. The SMILES string of the molecule is COCC1N(c2ccc(S(C)(=O)=O)cc2)C(c2ccc(Cl)cc2)=NC1(O)c1ccc2ccccc2n1. The van der Waals surface area contributed by atoms with Gasteiger partial charge in [-0.2, -0.15) is 0 Å². The van der Waals surface area contributed by atoms with Crippen LogP contribution in [0.25, 0.3) is 10.9 Å². The number of hydrogen-bond donors (Lipinski definition) is 1. The van der Waals surface area contributed by atoms with E-state index in [1.165, 1.54) is 0 Å². The molecule has 1 aliphatic heterocycles. The third kappa shape index (κ3) is 4.37. The van der Waals surface area contributed by atoms with Crippen LogP contribution in [0, 0.1) is 0 Å². The van der Waals surface area contributed by atoms with Crippen LogP contribution in [0.5, 0.6) is 0 Å². The van der Waals surface area contributed by atoms with Gasteiger partial charge in [0.25, 0.3) is 0 Å². The van der Waals surface area contributed by atoms with E-state index in [4.69, 9.17) is 26.3 Å². The van der Waals surface area contributed by atoms with E-state index in [1.807, 2.05) is 47.4 Å². The van der Waals surface area contributed by atoms with Gasteiger partial charge >= 0.3 is 0 Å². The van der Waals surface area contributed by atoms with Gasteiger partial charge in [-0.05, 0) is 60.7 Å². The monoisotopic (exact) mass is 521 g/mol. The van der Waals surface area contributed by atoms with Gasteiger partial charge in [0.15, 0.2) is 9.84 Å². The molecule has 7 nitrogen and oxygen atoms in total. The molecular weight excluding hydrogens is 498 g/mol. The minimum atomic E-state index is -3.37. The fraction of sp³-hybridized carbons (Fsp3) is 0.185. The largest absolute Gasteiger partial charge is 0.382 e. The fourth-order valence-electron chi connectivity index (χ4n) is 4.42. The van der Waals surface area contributed by atoms with Crippen molar-refractivity contribution in [3.05, 3.63) is 101 Å². The predicted octanol–water partition coefficient (Wildman–Crippen LogP) is 4.42. The number of fused-ring (bicyclic) bond motifs is 1. The van der Waals surface area contributed by atoms with Crippen molar-refractivity contribution in [3.63, 3.8) is 0 Å². The number of sulfone groups is 1. The van der Waals surface area contributed by atoms with E-state index < -0.39 is 21.6 Å². The Morgan fingerprint density at radius 2 is 1.69 bits per heavy atom. The molecule has 5 rings (SSSR count). The van der Waals surface area contributed by atoms with Crippen LogP contribution in [0.15, 0.2) is 94.8 Å². The third-order valence-corrected chi connectivity index (χ3v) is 7.61. The number of rotatable bonds is 6. The summed E-state index contributed by atoms with van der Waals surface area (Å²) in [6.45, 7) is 0.124. The first-order chi connectivity index (χ1) is 17.2. The molecule has 3 aromatic carbocycles. The third-order valence-electron chi connectivity index (χ3n) is 6.23. The summed E-state index contributed by atoms with van der Waals surface area (Å²) in [6, 6.07) is 24.3. The first kappa shape index (κ1) is 24.4. The molecule has 0 saturated carbocycles. The van der Waals surface area contributed by atoms with E-state index in [9.17, 15) is 13.5 Å². The predicted molar refractivity (Wildman–Crippen MR) is 141 cm³/mol. The van der Waals surface area contributed by atoms with Crippen LogP contribution < -0.4 is 4.90 Å². The fourth-order valence-corrected chi connectivity index (χ4v) is 5.18. The van der Waals surface area contributed by atoms with Crippen LogP contribution in [0.2, 0.25) is 5.02 Å². The molecule has 9 heteroatoms. The van der Waals surface area contributed by atoms with Gasteiger partial charge in [0.1, 0.15) is 11.9 Å². The topological polar surface area (TPSA) is 92.1 Å². The number of para-hydroxylation sites is 1. The lowest BCUT2D eigenvalue weighted by Gasteiger charge is -2.34. The lowest BCUT2D eigenvalue weighted by molar-refractivity contribution is -0.00136. The molecule has 36 heavy (non-hydrogen) atoms. The standard InChI is InChI=1S/C27H24ClN3O4S/c1-35-17-25-27(32,24-16-9-18-5-3-4-6-23(18)29-24)30-26(19-7-10-20(28)11-8-19)31(25)21-12-14-22(15-13-21)36(2,33)34/h3-16,25,32H,17H2,1-2H3. The molecule has 184 valence electrons. The van der Waals surface area contributed by atoms with Gasteiger partial charge in [-0.25, -0.2) is 18.4 Å². The number of aliphatic hydroxyl groups is 1. The zero-order valence-electron chi connectivity index (χ0n) is 19.7. The summed E-state index contributed by atoms with van der Waals surface area (Å²) in [4.78, 5) is 11.6. The summed E-state index contributed by atoms with van der Waals surface area (Å²) in [5.41, 5.74) is 0.743. The van der Waals surface area contributed by atoms with Crippen molar-refractivity contribution in [2.24, 2.45) is 4.99 Å². The van der Waals surface area contributed by atoms with E-state index in [2.05, 4.69) is 0 Å². The number of methoxy groups -OCH3 is 1. The molecule has 1 aliphatic rings. The molecule has 0 spiro atoms. The van der Waals surface area contributed by atoms with E-state index in [0.717, 1.165) is 22.7 Å². The van der Waals surface area contributed by atoms with E-state index >= 15 is 0 Å². The van der Waals surface area contributed by atoms with Gasteiger partial charge < -0.3 is 14.7 Å². The minimum Gasteiger partial charge on any atom is -0.382 e. The number of ether oxygens (including phenoxy) is 1. The van der Waals surface area contributed by atoms with E-state index in [0.29, 0.717) is 22.2 Å². The summed E-state index contributed by atoms with van der Waals surface area (Å²) in [7, 11) is -1.82. The second-order valence-corrected chi connectivity index (χ2v) is 11.1. The number of anilines is 1. The Bertz CT molecular complexity index is 1560. The molecule has 0 radical (unpaired) electrons. The average molecular weight is 522 g/mol. The van der Waals surface area contributed by atoms with Crippen LogP contribution in [0.3, 0.4) is 0 Å². The Kier molecular flexibility index (Phi) is 6.30. The summed E-state index contributed by atoms with van der Waals surface area (Å²) in [6.07, 6.45) is 1.16. The van der Waals surface area contributed by atoms with Gasteiger partial charge in [0.05, 0.1) is 22.7 Å². The van der Waals surface area contributed by atoms with Gasteiger partial charge in [-0.3, -0.25) is 0 Å². The number of nitrogens with zero attached hydrogens (tertiary/aromatic N) is 3. The van der Waals surface area contributed by atoms with Crippen molar-refractivity contribution >= 4 is 43.9 Å². The van der Waals surface area contributed by atoms with Gasteiger partial charge in [-0.1, -0.05) is 35.9 Å². The highest BCUT2D eigenvalue weighted by molar-refractivity contribution is 7.90. The summed E-state index contributed by atoms with van der Waals surface area (Å²) in [5, 5.41) is 13.6. The Morgan fingerprint density at radius 1 is 1.00 bits per heavy atom. The summed E-state index contributed by atoms with van der Waals surface area (Å²) < 4.78 is 29.6. The van der Waals surface area contributed by atoms with Crippen LogP contribution >= 0.6 is 11.6 Å². The number of aliphatic imine (C=N–C) groups is 1. The molecule has 1 aromatic heterocycles. The Labute approximate surface area is 214 Å². The first-order valence-corrected chi connectivity index (χ1v) is 13.5. The van der Waals surface area contributed by atoms with E-state index in [1.54, 1.807) is 49.6 Å². The normalized spacial score (nSPS) is 20.1. The van der Waals surface area contributed by atoms with Crippen molar-refractivity contribution in [1.82, 2.24) is 4.98 Å². The van der Waals surface area contributed by atoms with Crippen LogP contribution in [-0.4, -0.2) is 50.4 Å². The molecule has 0 amide bonds. The molecule has 1 N–H and O–H groups in total. The number of benzene rings is 3. The van der Waals surface area contributed by atoms with Crippen molar-refractivity contribution in [3.8, 4) is 0 Å². The molecular formula is C27H24ClN3O4S. The molecule has 2 unspecified atom stereocenters. The van der Waals surface area contributed by atoms with Gasteiger partial charge in [-0.15, -0.1) is 0 Å². The number of aromatic nitrogens is 1. The number of pyridine rings is 1. The molecule has 0 saturated heterocycles. The van der Waals surface area contributed by atoms with Crippen molar-refractivity contribution in [2.45, 2.75) is 16.7 Å². The quantitative estimate of drug-likeness (QED) is 0.404. The minimum absolute atomic E-state index is 0.124. The maximum atomic E-state index is 12.1. The highest BCUT2D eigenvalue weighted by atomic mass is 35.5. The smallest absolute Gasteiger partial charge is 0.225 e. The molecule has 2 heterocycles. The van der Waals surface area contributed by atoms with Crippen molar-refractivity contribution < 1.29 is 18.3 Å². The Balaban J connectivity index is 1.70. The Morgan fingerprint density at radius 3 is 2.36 bits per heavy atom. The van der Waals surface area contributed by atoms with E-state index in [-0.39, 0.29) is 11.5 Å². The molecule has 2 atom stereocenters. The maximum absolute atomic E-state index is 12.1. The zero-order chi connectivity index (χ0) is 25.5. The molecule has 0 bridgehead atoms. The second kappa shape index (κ2) is 9.29. The second-order valence-electron chi connectivity index (χ2n) is 8.66. The molecule has 0 fully saturated rings. The van der Waals surface area contributed by atoms with Crippen molar-refractivity contribution in [2.75, 3.05) is 24.9 Å². The number of halogens is 1. The Hall–Kier alpha value is -3.30.